The van der Waals surface area contributed by atoms with Crippen LogP contribution in [0.15, 0.2) is 6.20 Å². The summed E-state index contributed by atoms with van der Waals surface area (Å²) in [6, 6.07) is 0.272. The standard InChI is InChI=1S/C13H19N3O2/c1-9-6-15-16-10-7-17-8-11(10)18-13(12(9)16)2-4-14-5-3-13/h6,10-11,14H,2-5,7-8H2,1H3. The van der Waals surface area contributed by atoms with Crippen LogP contribution in [0.4, 0.5) is 0 Å². The third-order valence-corrected chi connectivity index (χ3v) is 4.51. The number of nitrogens with zero attached hydrogens (tertiary/aromatic N) is 2. The molecule has 0 aromatic carbocycles. The first-order chi connectivity index (χ1) is 8.80. The highest BCUT2D eigenvalue weighted by atomic mass is 16.6. The van der Waals surface area contributed by atoms with Crippen LogP contribution in [0.5, 0.6) is 0 Å². The van der Waals surface area contributed by atoms with E-state index in [4.69, 9.17) is 9.47 Å². The summed E-state index contributed by atoms with van der Waals surface area (Å²) < 4.78 is 14.3. The zero-order chi connectivity index (χ0) is 12.2. The molecule has 1 aromatic rings. The molecule has 1 aromatic heterocycles. The van der Waals surface area contributed by atoms with Gasteiger partial charge in [-0.15, -0.1) is 0 Å². The lowest BCUT2D eigenvalue weighted by Crippen LogP contribution is -2.51. The quantitative estimate of drug-likeness (QED) is 0.737. The fraction of sp³-hybridized carbons (Fsp3) is 0.769. The lowest BCUT2D eigenvalue weighted by molar-refractivity contribution is -0.150. The third kappa shape index (κ3) is 1.35. The molecular formula is C13H19N3O2. The minimum absolute atomic E-state index is 0.138. The molecule has 98 valence electrons. The van der Waals surface area contributed by atoms with E-state index in [1.807, 2.05) is 6.20 Å². The molecule has 2 unspecified atom stereocenters. The first-order valence-electron chi connectivity index (χ1n) is 6.81. The van der Waals surface area contributed by atoms with Gasteiger partial charge in [-0.25, -0.2) is 0 Å². The number of hydrogen-bond acceptors (Lipinski definition) is 4. The second-order valence-corrected chi connectivity index (χ2v) is 5.63. The van der Waals surface area contributed by atoms with Crippen LogP contribution in [-0.2, 0) is 15.1 Å². The van der Waals surface area contributed by atoms with E-state index in [0.29, 0.717) is 6.61 Å². The van der Waals surface area contributed by atoms with Crippen molar-refractivity contribution in [3.63, 3.8) is 0 Å². The van der Waals surface area contributed by atoms with Crippen molar-refractivity contribution < 1.29 is 9.47 Å². The number of nitrogens with one attached hydrogen (secondary N) is 1. The highest BCUT2D eigenvalue weighted by molar-refractivity contribution is 5.27. The zero-order valence-electron chi connectivity index (χ0n) is 10.7. The molecule has 0 bridgehead atoms. The van der Waals surface area contributed by atoms with E-state index in [-0.39, 0.29) is 17.7 Å². The van der Waals surface area contributed by atoms with E-state index in [1.165, 1.54) is 11.3 Å². The summed E-state index contributed by atoms with van der Waals surface area (Å²) in [7, 11) is 0. The molecule has 1 spiro atoms. The van der Waals surface area contributed by atoms with Gasteiger partial charge in [0, 0.05) is 0 Å². The molecule has 2 saturated heterocycles. The van der Waals surface area contributed by atoms with Crippen LogP contribution >= 0.6 is 0 Å². The topological polar surface area (TPSA) is 48.3 Å². The minimum Gasteiger partial charge on any atom is -0.376 e. The molecule has 4 rings (SSSR count). The fourth-order valence-corrected chi connectivity index (χ4v) is 3.66. The number of aromatic nitrogens is 2. The first-order valence-corrected chi connectivity index (χ1v) is 6.81. The predicted molar refractivity (Wildman–Crippen MR) is 65.5 cm³/mol. The Morgan fingerprint density at radius 1 is 1.39 bits per heavy atom. The average molecular weight is 249 g/mol. The highest BCUT2D eigenvalue weighted by Gasteiger charge is 2.49. The van der Waals surface area contributed by atoms with Crippen LogP contribution in [0.3, 0.4) is 0 Å². The van der Waals surface area contributed by atoms with Crippen molar-refractivity contribution in [3.05, 3.63) is 17.5 Å². The van der Waals surface area contributed by atoms with Crippen molar-refractivity contribution in [2.24, 2.45) is 0 Å². The van der Waals surface area contributed by atoms with E-state index >= 15 is 0 Å². The summed E-state index contributed by atoms with van der Waals surface area (Å²) in [4.78, 5) is 0. The van der Waals surface area contributed by atoms with E-state index in [0.717, 1.165) is 32.5 Å². The van der Waals surface area contributed by atoms with Crippen LogP contribution in [0.25, 0.3) is 0 Å². The summed E-state index contributed by atoms with van der Waals surface area (Å²) in [5.74, 6) is 0. The second kappa shape index (κ2) is 3.79. The van der Waals surface area contributed by atoms with Gasteiger partial charge in [0.2, 0.25) is 0 Å². The van der Waals surface area contributed by atoms with Crippen molar-refractivity contribution in [1.82, 2.24) is 15.1 Å². The van der Waals surface area contributed by atoms with Gasteiger partial charge in [0.15, 0.2) is 0 Å². The van der Waals surface area contributed by atoms with Gasteiger partial charge < -0.3 is 14.8 Å². The Hall–Kier alpha value is -0.910. The maximum absolute atomic E-state index is 6.48. The summed E-state index contributed by atoms with van der Waals surface area (Å²) in [5, 5.41) is 8.00. The molecule has 3 aliphatic heterocycles. The van der Waals surface area contributed by atoms with Crippen molar-refractivity contribution in [1.29, 1.82) is 0 Å². The van der Waals surface area contributed by atoms with E-state index in [1.54, 1.807) is 0 Å². The maximum atomic E-state index is 6.48. The second-order valence-electron chi connectivity index (χ2n) is 5.63. The normalized spacial score (nSPS) is 33.4. The number of rotatable bonds is 0. The Bertz CT molecular complexity index is 465. The Morgan fingerprint density at radius 2 is 2.22 bits per heavy atom. The molecular weight excluding hydrogens is 230 g/mol. The van der Waals surface area contributed by atoms with Crippen LogP contribution in [0, 0.1) is 6.92 Å². The molecule has 0 radical (unpaired) electrons. The number of aryl methyl sites for hydroxylation is 1. The monoisotopic (exact) mass is 249 g/mol. The molecule has 5 heteroatoms. The number of ether oxygens (including phenoxy) is 2. The fourth-order valence-electron chi connectivity index (χ4n) is 3.66. The van der Waals surface area contributed by atoms with Gasteiger partial charge in [0.25, 0.3) is 0 Å². The van der Waals surface area contributed by atoms with Crippen LogP contribution < -0.4 is 5.32 Å². The van der Waals surface area contributed by atoms with Crippen LogP contribution in [0.1, 0.15) is 30.1 Å². The van der Waals surface area contributed by atoms with Gasteiger partial charge >= 0.3 is 0 Å². The SMILES string of the molecule is Cc1cnn2c1C1(CCNCC1)OC1COCC12. The number of piperidine rings is 1. The van der Waals surface area contributed by atoms with E-state index < -0.39 is 0 Å². The lowest BCUT2D eigenvalue weighted by atomic mass is 9.84. The molecule has 1 N–H and O–H groups in total. The van der Waals surface area contributed by atoms with Gasteiger partial charge in [-0.05, 0) is 38.4 Å². The molecule has 0 aliphatic carbocycles. The molecule has 18 heavy (non-hydrogen) atoms. The van der Waals surface area contributed by atoms with Crippen molar-refractivity contribution in [3.8, 4) is 0 Å². The molecule has 3 aliphatic rings. The van der Waals surface area contributed by atoms with E-state index in [9.17, 15) is 0 Å². The van der Waals surface area contributed by atoms with Gasteiger partial charge in [0.05, 0.1) is 25.1 Å². The first kappa shape index (κ1) is 11.0. The molecule has 5 nitrogen and oxygen atoms in total. The van der Waals surface area contributed by atoms with Gasteiger partial charge in [0.1, 0.15) is 17.7 Å². The molecule has 0 amide bonds. The molecule has 4 heterocycles. The van der Waals surface area contributed by atoms with Gasteiger partial charge in [-0.1, -0.05) is 0 Å². The number of hydrogen-bond donors (Lipinski definition) is 1. The largest absolute Gasteiger partial charge is 0.376 e. The van der Waals surface area contributed by atoms with Crippen LogP contribution in [-0.4, -0.2) is 42.2 Å². The highest BCUT2D eigenvalue weighted by Crippen LogP contribution is 2.45. The molecule has 2 fully saturated rings. The zero-order valence-corrected chi connectivity index (χ0v) is 10.7. The third-order valence-electron chi connectivity index (χ3n) is 4.51. The molecule has 0 saturated carbocycles. The number of fused-ring (bicyclic) bond motifs is 4. The smallest absolute Gasteiger partial charge is 0.113 e. The van der Waals surface area contributed by atoms with Crippen molar-refractivity contribution >= 4 is 0 Å². The van der Waals surface area contributed by atoms with Crippen LogP contribution in [0.2, 0.25) is 0 Å². The maximum Gasteiger partial charge on any atom is 0.113 e. The minimum atomic E-state index is -0.138. The lowest BCUT2D eigenvalue weighted by Gasteiger charge is -2.45. The summed E-state index contributed by atoms with van der Waals surface area (Å²) in [5.41, 5.74) is 2.40. The summed E-state index contributed by atoms with van der Waals surface area (Å²) in [6.07, 6.45) is 4.21. The summed E-state index contributed by atoms with van der Waals surface area (Å²) in [6.45, 7) is 5.61. The Kier molecular flexibility index (Phi) is 2.31. The van der Waals surface area contributed by atoms with Crippen molar-refractivity contribution in [2.45, 2.75) is 37.5 Å². The summed E-state index contributed by atoms with van der Waals surface area (Å²) >= 11 is 0. The van der Waals surface area contributed by atoms with Gasteiger partial charge in [-0.3, -0.25) is 4.68 Å². The van der Waals surface area contributed by atoms with E-state index in [2.05, 4.69) is 22.0 Å². The Morgan fingerprint density at radius 3 is 3.06 bits per heavy atom. The Balaban J connectivity index is 1.85. The van der Waals surface area contributed by atoms with Gasteiger partial charge in [-0.2, -0.15) is 5.10 Å². The average Bonchev–Trinajstić information content (AvgIpc) is 2.97. The van der Waals surface area contributed by atoms with Crippen molar-refractivity contribution in [2.75, 3.05) is 26.3 Å². The predicted octanol–water partition coefficient (Wildman–Crippen LogP) is 0.740. The Labute approximate surface area is 106 Å². The molecule has 2 atom stereocenters.